The van der Waals surface area contributed by atoms with Crippen LogP contribution in [-0.4, -0.2) is 37.1 Å². The van der Waals surface area contributed by atoms with Crippen LogP contribution < -0.4 is 10.2 Å². The molecule has 1 rings (SSSR count). The van der Waals surface area contributed by atoms with Gasteiger partial charge in [-0.1, -0.05) is 18.2 Å². The van der Waals surface area contributed by atoms with Crippen molar-refractivity contribution in [3.05, 3.63) is 41.5 Å². The van der Waals surface area contributed by atoms with Crippen LogP contribution >= 0.6 is 0 Å². The van der Waals surface area contributed by atoms with Gasteiger partial charge >= 0.3 is 5.97 Å². The lowest BCUT2D eigenvalue weighted by molar-refractivity contribution is -0.133. The van der Waals surface area contributed by atoms with E-state index in [1.807, 2.05) is 42.3 Å². The highest BCUT2D eigenvalue weighted by Crippen LogP contribution is 2.09. The van der Waals surface area contributed by atoms with Crippen LogP contribution in [0.4, 0.5) is 5.69 Å². The third kappa shape index (κ3) is 4.42. The molecule has 108 valence electrons. The SMILES string of the molecule is CC(C(=O)O)=C(C)C(=O)NCCN(C)c1ccccc1. The number of rotatable bonds is 6. The lowest BCUT2D eigenvalue weighted by Crippen LogP contribution is -2.33. The Labute approximate surface area is 118 Å². The smallest absolute Gasteiger partial charge is 0.331 e. The highest BCUT2D eigenvalue weighted by Gasteiger charge is 2.12. The average Bonchev–Trinajstić information content (AvgIpc) is 2.46. The number of amides is 1. The monoisotopic (exact) mass is 276 g/mol. The summed E-state index contributed by atoms with van der Waals surface area (Å²) in [5.74, 6) is -1.41. The molecule has 0 spiro atoms. The molecule has 0 aliphatic heterocycles. The quantitative estimate of drug-likeness (QED) is 0.775. The summed E-state index contributed by atoms with van der Waals surface area (Å²) in [5.41, 5.74) is 1.37. The summed E-state index contributed by atoms with van der Waals surface area (Å²) in [6.07, 6.45) is 0. The van der Waals surface area contributed by atoms with E-state index in [1.54, 1.807) is 0 Å². The van der Waals surface area contributed by atoms with Crippen molar-refractivity contribution in [2.75, 3.05) is 25.0 Å². The Bertz CT molecular complexity index is 509. The summed E-state index contributed by atoms with van der Waals surface area (Å²) in [6.45, 7) is 4.04. The topological polar surface area (TPSA) is 69.6 Å². The maximum absolute atomic E-state index is 11.8. The summed E-state index contributed by atoms with van der Waals surface area (Å²) in [6, 6.07) is 9.83. The van der Waals surface area contributed by atoms with Crippen LogP contribution in [0.3, 0.4) is 0 Å². The van der Waals surface area contributed by atoms with Crippen LogP contribution in [0.25, 0.3) is 0 Å². The van der Waals surface area contributed by atoms with Gasteiger partial charge in [-0.15, -0.1) is 0 Å². The van der Waals surface area contributed by atoms with Crippen molar-refractivity contribution in [2.24, 2.45) is 0 Å². The van der Waals surface area contributed by atoms with Crippen molar-refractivity contribution in [3.8, 4) is 0 Å². The van der Waals surface area contributed by atoms with E-state index in [0.717, 1.165) is 5.69 Å². The second-order valence-electron chi connectivity index (χ2n) is 4.57. The Morgan fingerprint density at radius 3 is 2.30 bits per heavy atom. The molecule has 0 unspecified atom stereocenters. The van der Waals surface area contributed by atoms with Crippen LogP contribution in [0.2, 0.25) is 0 Å². The molecule has 1 amide bonds. The molecule has 0 aromatic heterocycles. The molecule has 5 heteroatoms. The lowest BCUT2D eigenvalue weighted by atomic mass is 10.1. The molecule has 0 saturated heterocycles. The van der Waals surface area contributed by atoms with Gasteiger partial charge < -0.3 is 15.3 Å². The van der Waals surface area contributed by atoms with Crippen molar-refractivity contribution in [2.45, 2.75) is 13.8 Å². The molecule has 0 aliphatic rings. The highest BCUT2D eigenvalue weighted by atomic mass is 16.4. The molecule has 0 radical (unpaired) electrons. The second kappa shape index (κ2) is 7.33. The minimum atomic E-state index is -1.07. The van der Waals surface area contributed by atoms with Crippen LogP contribution in [0, 0.1) is 0 Å². The van der Waals surface area contributed by atoms with E-state index < -0.39 is 5.97 Å². The predicted octanol–water partition coefficient (Wildman–Crippen LogP) is 1.66. The van der Waals surface area contributed by atoms with Crippen molar-refractivity contribution < 1.29 is 14.7 Å². The van der Waals surface area contributed by atoms with Gasteiger partial charge in [-0.2, -0.15) is 0 Å². The highest BCUT2D eigenvalue weighted by molar-refractivity contribution is 6.01. The van der Waals surface area contributed by atoms with Gasteiger partial charge in [0.2, 0.25) is 5.91 Å². The molecule has 20 heavy (non-hydrogen) atoms. The van der Waals surface area contributed by atoms with Crippen molar-refractivity contribution in [1.82, 2.24) is 5.32 Å². The van der Waals surface area contributed by atoms with Gasteiger partial charge in [0, 0.05) is 37.0 Å². The van der Waals surface area contributed by atoms with Gasteiger partial charge in [-0.3, -0.25) is 4.79 Å². The van der Waals surface area contributed by atoms with E-state index in [2.05, 4.69) is 5.32 Å². The van der Waals surface area contributed by atoms with Crippen molar-refractivity contribution in [3.63, 3.8) is 0 Å². The molecule has 0 aliphatic carbocycles. The summed E-state index contributed by atoms with van der Waals surface area (Å²) < 4.78 is 0. The standard InChI is InChI=1S/C15H20N2O3/c1-11(12(2)15(19)20)14(18)16-9-10-17(3)13-7-5-4-6-8-13/h4-8H,9-10H2,1-3H3,(H,16,18)(H,19,20). The van der Waals surface area contributed by atoms with E-state index in [1.165, 1.54) is 13.8 Å². The molecular weight excluding hydrogens is 256 g/mol. The van der Waals surface area contributed by atoms with Gasteiger partial charge in [0.05, 0.1) is 0 Å². The lowest BCUT2D eigenvalue weighted by Gasteiger charge is -2.19. The first-order valence-corrected chi connectivity index (χ1v) is 6.38. The fourth-order valence-corrected chi connectivity index (χ4v) is 1.61. The number of benzene rings is 1. The molecule has 5 nitrogen and oxygen atoms in total. The fourth-order valence-electron chi connectivity index (χ4n) is 1.61. The minimum absolute atomic E-state index is 0.0684. The zero-order chi connectivity index (χ0) is 15.1. The number of para-hydroxylation sites is 1. The Kier molecular flexibility index (Phi) is 5.77. The Hall–Kier alpha value is -2.30. The number of nitrogens with zero attached hydrogens (tertiary/aromatic N) is 1. The van der Waals surface area contributed by atoms with Crippen LogP contribution in [0.15, 0.2) is 41.5 Å². The first kappa shape index (κ1) is 15.8. The van der Waals surface area contributed by atoms with E-state index in [9.17, 15) is 9.59 Å². The predicted molar refractivity (Wildman–Crippen MR) is 78.7 cm³/mol. The maximum Gasteiger partial charge on any atom is 0.331 e. The van der Waals surface area contributed by atoms with Gasteiger partial charge in [0.25, 0.3) is 0 Å². The first-order chi connectivity index (χ1) is 9.43. The van der Waals surface area contributed by atoms with E-state index in [4.69, 9.17) is 5.11 Å². The zero-order valence-electron chi connectivity index (χ0n) is 12.0. The first-order valence-electron chi connectivity index (χ1n) is 6.38. The van der Waals surface area contributed by atoms with Gasteiger partial charge in [0.1, 0.15) is 0 Å². The number of likely N-dealkylation sites (N-methyl/N-ethyl adjacent to an activating group) is 1. The van der Waals surface area contributed by atoms with Crippen LogP contribution in [-0.2, 0) is 9.59 Å². The number of carbonyl (C=O) groups excluding carboxylic acids is 1. The number of carboxylic acid groups (broad SMARTS) is 1. The maximum atomic E-state index is 11.8. The van der Waals surface area contributed by atoms with E-state index in [-0.39, 0.29) is 17.1 Å². The largest absolute Gasteiger partial charge is 0.478 e. The molecule has 0 saturated carbocycles. The molecular formula is C15H20N2O3. The summed E-state index contributed by atoms with van der Waals surface area (Å²) >= 11 is 0. The second-order valence-corrected chi connectivity index (χ2v) is 4.57. The molecule has 0 bridgehead atoms. The molecule has 0 atom stereocenters. The molecule has 0 heterocycles. The number of hydrogen-bond acceptors (Lipinski definition) is 3. The molecule has 1 aromatic rings. The van der Waals surface area contributed by atoms with E-state index >= 15 is 0 Å². The van der Waals surface area contributed by atoms with Crippen LogP contribution in [0.5, 0.6) is 0 Å². The third-order valence-corrected chi connectivity index (χ3v) is 3.15. The van der Waals surface area contributed by atoms with Crippen molar-refractivity contribution in [1.29, 1.82) is 0 Å². The Morgan fingerprint density at radius 1 is 1.15 bits per heavy atom. The number of carboxylic acids is 1. The summed E-state index contributed by atoms with van der Waals surface area (Å²) in [4.78, 5) is 24.5. The number of hydrogen-bond donors (Lipinski definition) is 2. The summed E-state index contributed by atoms with van der Waals surface area (Å²) in [5, 5.41) is 11.5. The van der Waals surface area contributed by atoms with Gasteiger partial charge in [0.15, 0.2) is 0 Å². The molecule has 0 fully saturated rings. The number of carbonyl (C=O) groups is 2. The minimum Gasteiger partial charge on any atom is -0.478 e. The Balaban J connectivity index is 2.47. The zero-order valence-corrected chi connectivity index (χ0v) is 12.0. The van der Waals surface area contributed by atoms with Gasteiger partial charge in [-0.25, -0.2) is 4.79 Å². The average molecular weight is 276 g/mol. The van der Waals surface area contributed by atoms with Gasteiger partial charge in [-0.05, 0) is 26.0 Å². The number of nitrogens with one attached hydrogen (secondary N) is 1. The Morgan fingerprint density at radius 2 is 1.75 bits per heavy atom. The number of anilines is 1. The molecule has 2 N–H and O–H groups in total. The summed E-state index contributed by atoms with van der Waals surface area (Å²) in [7, 11) is 1.94. The third-order valence-electron chi connectivity index (χ3n) is 3.15. The normalized spacial score (nSPS) is 11.6. The fraction of sp³-hybridized carbons (Fsp3) is 0.333. The van der Waals surface area contributed by atoms with Crippen LogP contribution in [0.1, 0.15) is 13.8 Å². The molecule has 1 aromatic carbocycles. The van der Waals surface area contributed by atoms with Crippen molar-refractivity contribution >= 4 is 17.6 Å². The number of aliphatic carboxylic acids is 1. The van der Waals surface area contributed by atoms with E-state index in [0.29, 0.717) is 13.1 Å².